The highest BCUT2D eigenvalue weighted by atomic mass is 14.7. The molecular weight excluding hydrogens is 194 g/mol. The largest absolute Gasteiger partial charge is 0.253 e. The maximum atomic E-state index is 4.54. The first-order valence-corrected chi connectivity index (χ1v) is 5.94. The molecule has 0 saturated carbocycles. The van der Waals surface area contributed by atoms with E-state index in [2.05, 4.69) is 44.0 Å². The summed E-state index contributed by atoms with van der Waals surface area (Å²) in [5, 5.41) is 1.28. The standard InChI is InChI=1S/C13H15N.C2H6/c1-8-7-13-12(11(4)10(8)3)6-5-9(2)14-13;1-2/h5-7H,1-4H3;1-2H3. The summed E-state index contributed by atoms with van der Waals surface area (Å²) in [5.41, 5.74) is 6.26. The summed E-state index contributed by atoms with van der Waals surface area (Å²) in [6.45, 7) is 12.5. The second-order valence-electron chi connectivity index (χ2n) is 3.96. The SMILES string of the molecule is CC.Cc1ccc2c(C)c(C)c(C)cc2n1. The van der Waals surface area contributed by atoms with Crippen molar-refractivity contribution in [3.63, 3.8) is 0 Å². The van der Waals surface area contributed by atoms with Crippen LogP contribution in [0.4, 0.5) is 0 Å². The topological polar surface area (TPSA) is 12.9 Å². The molecule has 16 heavy (non-hydrogen) atoms. The number of pyridine rings is 1. The summed E-state index contributed by atoms with van der Waals surface area (Å²) in [5.74, 6) is 0. The summed E-state index contributed by atoms with van der Waals surface area (Å²) in [4.78, 5) is 4.54. The van der Waals surface area contributed by atoms with E-state index in [-0.39, 0.29) is 0 Å². The Morgan fingerprint density at radius 2 is 1.50 bits per heavy atom. The monoisotopic (exact) mass is 215 g/mol. The number of hydrogen-bond acceptors (Lipinski definition) is 1. The van der Waals surface area contributed by atoms with Gasteiger partial charge in [-0.2, -0.15) is 0 Å². The molecule has 0 aliphatic heterocycles. The Labute approximate surface area is 98.5 Å². The summed E-state index contributed by atoms with van der Waals surface area (Å²) < 4.78 is 0. The molecule has 1 aromatic carbocycles. The minimum absolute atomic E-state index is 1.08. The molecule has 0 spiro atoms. The lowest BCUT2D eigenvalue weighted by Gasteiger charge is -2.09. The van der Waals surface area contributed by atoms with Crippen molar-refractivity contribution in [3.05, 3.63) is 40.6 Å². The summed E-state index contributed by atoms with van der Waals surface area (Å²) in [7, 11) is 0. The fraction of sp³-hybridized carbons (Fsp3) is 0.400. The van der Waals surface area contributed by atoms with Crippen molar-refractivity contribution >= 4 is 10.9 Å². The zero-order chi connectivity index (χ0) is 12.3. The predicted molar refractivity (Wildman–Crippen MR) is 72.0 cm³/mol. The Kier molecular flexibility index (Phi) is 4.05. The molecule has 0 fully saturated rings. The summed E-state index contributed by atoms with van der Waals surface area (Å²) >= 11 is 0. The van der Waals surface area contributed by atoms with E-state index in [1.807, 2.05) is 20.8 Å². The molecule has 0 N–H and O–H groups in total. The second-order valence-corrected chi connectivity index (χ2v) is 3.96. The van der Waals surface area contributed by atoms with E-state index in [0.29, 0.717) is 0 Å². The Morgan fingerprint density at radius 3 is 2.12 bits per heavy atom. The van der Waals surface area contributed by atoms with Crippen LogP contribution in [0.15, 0.2) is 18.2 Å². The van der Waals surface area contributed by atoms with Crippen molar-refractivity contribution in [1.82, 2.24) is 4.98 Å². The van der Waals surface area contributed by atoms with Gasteiger partial charge in [-0.3, -0.25) is 4.98 Å². The van der Waals surface area contributed by atoms with E-state index in [1.165, 1.54) is 22.1 Å². The van der Waals surface area contributed by atoms with Gasteiger partial charge in [0.2, 0.25) is 0 Å². The van der Waals surface area contributed by atoms with Gasteiger partial charge < -0.3 is 0 Å². The van der Waals surface area contributed by atoms with Crippen LogP contribution >= 0.6 is 0 Å². The van der Waals surface area contributed by atoms with Crippen molar-refractivity contribution in [2.45, 2.75) is 41.5 Å². The zero-order valence-corrected chi connectivity index (χ0v) is 11.2. The molecule has 0 unspecified atom stereocenters. The molecule has 0 bridgehead atoms. The van der Waals surface area contributed by atoms with E-state index >= 15 is 0 Å². The van der Waals surface area contributed by atoms with Gasteiger partial charge in [0.15, 0.2) is 0 Å². The lowest BCUT2D eigenvalue weighted by atomic mass is 9.99. The van der Waals surface area contributed by atoms with Gasteiger partial charge in [0.25, 0.3) is 0 Å². The minimum atomic E-state index is 1.08. The van der Waals surface area contributed by atoms with Gasteiger partial charge in [0.1, 0.15) is 0 Å². The van der Waals surface area contributed by atoms with Gasteiger partial charge >= 0.3 is 0 Å². The van der Waals surface area contributed by atoms with Crippen LogP contribution in [0, 0.1) is 27.7 Å². The molecule has 1 heterocycles. The minimum Gasteiger partial charge on any atom is -0.253 e. The van der Waals surface area contributed by atoms with E-state index in [1.54, 1.807) is 0 Å². The Hall–Kier alpha value is -1.37. The molecular formula is C15H21N. The van der Waals surface area contributed by atoms with Crippen molar-refractivity contribution in [2.24, 2.45) is 0 Å². The summed E-state index contributed by atoms with van der Waals surface area (Å²) in [6.07, 6.45) is 0. The normalized spacial score (nSPS) is 9.88. The number of nitrogens with zero attached hydrogens (tertiary/aromatic N) is 1. The average Bonchev–Trinajstić information content (AvgIpc) is 2.28. The summed E-state index contributed by atoms with van der Waals surface area (Å²) in [6, 6.07) is 6.41. The Morgan fingerprint density at radius 1 is 0.875 bits per heavy atom. The quantitative estimate of drug-likeness (QED) is 0.630. The number of benzene rings is 1. The Balaban J connectivity index is 0.000000606. The van der Waals surface area contributed by atoms with Gasteiger partial charge in [0, 0.05) is 11.1 Å². The van der Waals surface area contributed by atoms with Gasteiger partial charge in [-0.15, -0.1) is 0 Å². The fourth-order valence-corrected chi connectivity index (χ4v) is 1.82. The molecule has 2 rings (SSSR count). The van der Waals surface area contributed by atoms with Gasteiger partial charge in [-0.25, -0.2) is 0 Å². The molecule has 86 valence electrons. The van der Waals surface area contributed by atoms with E-state index < -0.39 is 0 Å². The molecule has 2 aromatic rings. The third-order valence-electron chi connectivity index (χ3n) is 2.98. The molecule has 1 heteroatoms. The number of hydrogen-bond donors (Lipinski definition) is 0. The maximum Gasteiger partial charge on any atom is 0.0710 e. The Bertz CT molecular complexity index is 498. The van der Waals surface area contributed by atoms with Crippen LogP contribution in [-0.2, 0) is 0 Å². The van der Waals surface area contributed by atoms with Crippen molar-refractivity contribution in [2.75, 3.05) is 0 Å². The van der Waals surface area contributed by atoms with Crippen LogP contribution in [0.3, 0.4) is 0 Å². The van der Waals surface area contributed by atoms with Crippen LogP contribution in [-0.4, -0.2) is 4.98 Å². The molecule has 0 saturated heterocycles. The lowest BCUT2D eigenvalue weighted by molar-refractivity contribution is 1.22. The molecule has 0 amide bonds. The van der Waals surface area contributed by atoms with Crippen LogP contribution < -0.4 is 0 Å². The molecule has 1 aromatic heterocycles. The van der Waals surface area contributed by atoms with E-state index in [9.17, 15) is 0 Å². The smallest absolute Gasteiger partial charge is 0.0710 e. The predicted octanol–water partition coefficient (Wildman–Crippen LogP) is 4.49. The van der Waals surface area contributed by atoms with Crippen LogP contribution in [0.25, 0.3) is 10.9 Å². The number of fused-ring (bicyclic) bond motifs is 1. The highest BCUT2D eigenvalue weighted by molar-refractivity contribution is 5.84. The number of aryl methyl sites for hydroxylation is 3. The molecule has 0 radical (unpaired) electrons. The third-order valence-corrected chi connectivity index (χ3v) is 2.98. The first-order chi connectivity index (χ1) is 7.59. The fourth-order valence-electron chi connectivity index (χ4n) is 1.82. The maximum absolute atomic E-state index is 4.54. The molecule has 0 aliphatic carbocycles. The molecule has 0 atom stereocenters. The van der Waals surface area contributed by atoms with Crippen molar-refractivity contribution in [3.8, 4) is 0 Å². The van der Waals surface area contributed by atoms with Crippen molar-refractivity contribution in [1.29, 1.82) is 0 Å². The average molecular weight is 215 g/mol. The van der Waals surface area contributed by atoms with E-state index in [0.717, 1.165) is 11.2 Å². The first kappa shape index (κ1) is 12.7. The zero-order valence-electron chi connectivity index (χ0n) is 11.2. The molecule has 1 nitrogen and oxygen atoms in total. The first-order valence-electron chi connectivity index (χ1n) is 5.94. The number of rotatable bonds is 0. The third kappa shape index (κ3) is 2.24. The van der Waals surface area contributed by atoms with Crippen LogP contribution in [0.2, 0.25) is 0 Å². The molecule has 0 aliphatic rings. The van der Waals surface area contributed by atoms with Gasteiger partial charge in [-0.05, 0) is 56.5 Å². The second kappa shape index (κ2) is 5.11. The highest BCUT2D eigenvalue weighted by Gasteiger charge is 2.04. The van der Waals surface area contributed by atoms with Crippen LogP contribution in [0.5, 0.6) is 0 Å². The van der Waals surface area contributed by atoms with E-state index in [4.69, 9.17) is 0 Å². The van der Waals surface area contributed by atoms with Crippen molar-refractivity contribution < 1.29 is 0 Å². The van der Waals surface area contributed by atoms with Gasteiger partial charge in [0.05, 0.1) is 5.52 Å². The number of aromatic nitrogens is 1. The highest BCUT2D eigenvalue weighted by Crippen LogP contribution is 2.23. The van der Waals surface area contributed by atoms with Gasteiger partial charge in [-0.1, -0.05) is 19.9 Å². The van der Waals surface area contributed by atoms with Crippen LogP contribution in [0.1, 0.15) is 36.2 Å². The lowest BCUT2D eigenvalue weighted by Crippen LogP contribution is -1.91.